The lowest BCUT2D eigenvalue weighted by molar-refractivity contribution is 0.312. The van der Waals surface area contributed by atoms with E-state index in [-0.39, 0.29) is 0 Å². The van der Waals surface area contributed by atoms with Gasteiger partial charge in [-0.3, -0.25) is 0 Å². The van der Waals surface area contributed by atoms with E-state index in [0.717, 1.165) is 18.7 Å². The molecule has 0 bridgehead atoms. The highest BCUT2D eigenvalue weighted by Gasteiger charge is 2.01. The molecule has 0 amide bonds. The van der Waals surface area contributed by atoms with Crippen molar-refractivity contribution in [3.63, 3.8) is 0 Å². The molecule has 2 aromatic carbocycles. The minimum atomic E-state index is 0.629. The highest BCUT2D eigenvalue weighted by atomic mass is 16.5. The highest BCUT2D eigenvalue weighted by molar-refractivity contribution is 5.46. The van der Waals surface area contributed by atoms with Crippen LogP contribution in [0.15, 0.2) is 48.5 Å². The predicted octanol–water partition coefficient (Wildman–Crippen LogP) is 3.77. The van der Waals surface area contributed by atoms with Crippen LogP contribution in [0, 0.1) is 18.3 Å². The molecule has 3 nitrogen and oxygen atoms in total. The molecule has 0 heterocycles. The average Bonchev–Trinajstić information content (AvgIpc) is 2.52. The van der Waals surface area contributed by atoms with E-state index in [2.05, 4.69) is 49.2 Å². The summed E-state index contributed by atoms with van der Waals surface area (Å²) in [6.07, 6.45) is 0.932. The van der Waals surface area contributed by atoms with Crippen LogP contribution in [0.25, 0.3) is 0 Å². The van der Waals surface area contributed by atoms with Crippen molar-refractivity contribution in [1.29, 1.82) is 5.26 Å². The van der Waals surface area contributed by atoms with Crippen molar-refractivity contribution in [2.75, 3.05) is 25.1 Å². The van der Waals surface area contributed by atoms with Crippen LogP contribution in [0.2, 0.25) is 0 Å². The molecule has 21 heavy (non-hydrogen) atoms. The lowest BCUT2D eigenvalue weighted by Crippen LogP contribution is -2.20. The van der Waals surface area contributed by atoms with Crippen LogP contribution in [0.4, 0.5) is 5.69 Å². The quantitative estimate of drug-likeness (QED) is 0.756. The first kappa shape index (κ1) is 14.9. The fourth-order valence-electron chi connectivity index (χ4n) is 2.08. The first-order chi connectivity index (χ1) is 10.2. The van der Waals surface area contributed by atoms with Gasteiger partial charge in [-0.15, -0.1) is 0 Å². The van der Waals surface area contributed by atoms with Crippen LogP contribution in [0.1, 0.15) is 17.5 Å². The van der Waals surface area contributed by atoms with Gasteiger partial charge < -0.3 is 9.64 Å². The molecule has 0 aliphatic heterocycles. The van der Waals surface area contributed by atoms with Gasteiger partial charge in [0.05, 0.1) is 18.2 Å². The van der Waals surface area contributed by atoms with E-state index in [0.29, 0.717) is 12.2 Å². The number of anilines is 1. The molecule has 2 aromatic rings. The zero-order valence-corrected chi connectivity index (χ0v) is 12.5. The molecular formula is C18H20N2O. The van der Waals surface area contributed by atoms with Crippen molar-refractivity contribution in [2.45, 2.75) is 13.3 Å². The molecule has 0 aliphatic carbocycles. The van der Waals surface area contributed by atoms with E-state index in [4.69, 9.17) is 10.00 Å². The highest BCUT2D eigenvalue weighted by Crippen LogP contribution is 2.15. The third-order valence-corrected chi connectivity index (χ3v) is 3.34. The maximum absolute atomic E-state index is 8.84. The number of nitriles is 1. The normalized spacial score (nSPS) is 9.95. The zero-order chi connectivity index (χ0) is 15.1. The standard InChI is InChI=1S/C18H20N2O/c1-15-7-9-17(10-8-15)20(2)11-4-12-21-18-6-3-5-16(13-18)14-19/h3,5-10,13H,4,11-12H2,1-2H3. The summed E-state index contributed by atoms with van der Waals surface area (Å²) in [5.74, 6) is 0.757. The smallest absolute Gasteiger partial charge is 0.120 e. The number of aryl methyl sites for hydroxylation is 1. The molecule has 0 aliphatic rings. The molecule has 0 saturated heterocycles. The van der Waals surface area contributed by atoms with Gasteiger partial charge in [-0.2, -0.15) is 5.26 Å². The van der Waals surface area contributed by atoms with Crippen molar-refractivity contribution < 1.29 is 4.74 Å². The first-order valence-electron chi connectivity index (χ1n) is 7.10. The molecule has 0 unspecified atom stereocenters. The van der Waals surface area contributed by atoms with Gasteiger partial charge in [0.15, 0.2) is 0 Å². The lowest BCUT2D eigenvalue weighted by Gasteiger charge is -2.19. The second kappa shape index (κ2) is 7.35. The summed E-state index contributed by atoms with van der Waals surface area (Å²) >= 11 is 0. The van der Waals surface area contributed by atoms with Gasteiger partial charge in [-0.25, -0.2) is 0 Å². The van der Waals surface area contributed by atoms with Crippen LogP contribution in [0.3, 0.4) is 0 Å². The molecular weight excluding hydrogens is 260 g/mol. The number of benzene rings is 2. The minimum Gasteiger partial charge on any atom is -0.493 e. The lowest BCUT2D eigenvalue weighted by atomic mass is 10.2. The van der Waals surface area contributed by atoms with Crippen molar-refractivity contribution >= 4 is 5.69 Å². The Balaban J connectivity index is 1.76. The Morgan fingerprint density at radius 2 is 1.90 bits per heavy atom. The summed E-state index contributed by atoms with van der Waals surface area (Å²) in [6, 6.07) is 17.9. The zero-order valence-electron chi connectivity index (χ0n) is 12.5. The monoisotopic (exact) mass is 280 g/mol. The van der Waals surface area contributed by atoms with E-state index in [1.807, 2.05) is 12.1 Å². The Morgan fingerprint density at radius 3 is 2.62 bits per heavy atom. The molecule has 0 atom stereocenters. The number of hydrogen-bond acceptors (Lipinski definition) is 3. The van der Waals surface area contributed by atoms with Crippen molar-refractivity contribution in [3.05, 3.63) is 59.7 Å². The number of ether oxygens (including phenoxy) is 1. The maximum Gasteiger partial charge on any atom is 0.120 e. The summed E-state index contributed by atoms with van der Waals surface area (Å²) in [6.45, 7) is 3.67. The van der Waals surface area contributed by atoms with Crippen LogP contribution >= 0.6 is 0 Å². The predicted molar refractivity (Wildman–Crippen MR) is 85.7 cm³/mol. The Bertz CT molecular complexity index is 614. The second-order valence-electron chi connectivity index (χ2n) is 5.10. The van der Waals surface area contributed by atoms with Gasteiger partial charge in [0.25, 0.3) is 0 Å². The van der Waals surface area contributed by atoms with Crippen LogP contribution in [-0.4, -0.2) is 20.2 Å². The number of hydrogen-bond donors (Lipinski definition) is 0. The topological polar surface area (TPSA) is 36.3 Å². The summed E-state index contributed by atoms with van der Waals surface area (Å²) in [5.41, 5.74) is 3.12. The molecule has 0 fully saturated rings. The second-order valence-corrected chi connectivity index (χ2v) is 5.10. The molecule has 108 valence electrons. The molecule has 0 aromatic heterocycles. The van der Waals surface area contributed by atoms with E-state index >= 15 is 0 Å². The summed E-state index contributed by atoms with van der Waals surface area (Å²) < 4.78 is 5.68. The summed E-state index contributed by atoms with van der Waals surface area (Å²) in [4.78, 5) is 2.22. The van der Waals surface area contributed by atoms with Gasteiger partial charge in [0, 0.05) is 19.3 Å². The van der Waals surface area contributed by atoms with Gasteiger partial charge in [-0.05, 0) is 43.7 Å². The Hall–Kier alpha value is -2.47. The van der Waals surface area contributed by atoms with Gasteiger partial charge in [0.1, 0.15) is 5.75 Å². The number of nitrogens with zero attached hydrogens (tertiary/aromatic N) is 2. The maximum atomic E-state index is 8.84. The largest absolute Gasteiger partial charge is 0.493 e. The van der Waals surface area contributed by atoms with E-state index in [1.165, 1.54) is 11.3 Å². The minimum absolute atomic E-state index is 0.629. The fourth-order valence-corrected chi connectivity index (χ4v) is 2.08. The summed E-state index contributed by atoms with van der Waals surface area (Å²) in [7, 11) is 2.08. The Labute approximate surface area is 126 Å². The molecule has 3 heteroatoms. The summed E-state index contributed by atoms with van der Waals surface area (Å²) in [5, 5.41) is 8.84. The first-order valence-corrected chi connectivity index (χ1v) is 7.10. The Kier molecular flexibility index (Phi) is 5.22. The molecule has 0 N–H and O–H groups in total. The molecule has 0 radical (unpaired) electrons. The third kappa shape index (κ3) is 4.54. The van der Waals surface area contributed by atoms with Crippen LogP contribution < -0.4 is 9.64 Å². The van der Waals surface area contributed by atoms with Gasteiger partial charge in [0.2, 0.25) is 0 Å². The third-order valence-electron chi connectivity index (χ3n) is 3.34. The van der Waals surface area contributed by atoms with E-state index < -0.39 is 0 Å². The van der Waals surface area contributed by atoms with Crippen molar-refractivity contribution in [3.8, 4) is 11.8 Å². The average molecular weight is 280 g/mol. The molecule has 0 saturated carbocycles. The van der Waals surface area contributed by atoms with Gasteiger partial charge in [-0.1, -0.05) is 23.8 Å². The van der Waals surface area contributed by atoms with E-state index in [1.54, 1.807) is 12.1 Å². The fraction of sp³-hybridized carbons (Fsp3) is 0.278. The van der Waals surface area contributed by atoms with Crippen molar-refractivity contribution in [1.82, 2.24) is 0 Å². The van der Waals surface area contributed by atoms with Crippen LogP contribution in [0.5, 0.6) is 5.75 Å². The van der Waals surface area contributed by atoms with E-state index in [9.17, 15) is 0 Å². The van der Waals surface area contributed by atoms with Crippen molar-refractivity contribution in [2.24, 2.45) is 0 Å². The number of rotatable bonds is 6. The molecule has 2 rings (SSSR count). The SMILES string of the molecule is Cc1ccc(N(C)CCCOc2cccc(C#N)c2)cc1. The molecule has 0 spiro atoms. The Morgan fingerprint density at radius 1 is 1.14 bits per heavy atom. The van der Waals surface area contributed by atoms with Crippen LogP contribution in [-0.2, 0) is 0 Å². The van der Waals surface area contributed by atoms with Gasteiger partial charge >= 0.3 is 0 Å².